The molecular formula is C16H19N3O4S. The van der Waals surface area contributed by atoms with Crippen LogP contribution in [-0.4, -0.2) is 47.9 Å². The molecule has 1 aliphatic rings. The van der Waals surface area contributed by atoms with Crippen molar-refractivity contribution in [2.24, 2.45) is 0 Å². The third-order valence-electron chi connectivity index (χ3n) is 3.96. The molecular weight excluding hydrogens is 330 g/mol. The fraction of sp³-hybridized carbons (Fsp3) is 0.375. The largest absolute Gasteiger partial charge is 0.461 e. The van der Waals surface area contributed by atoms with Crippen molar-refractivity contribution in [2.75, 3.05) is 19.4 Å². The van der Waals surface area contributed by atoms with Crippen molar-refractivity contribution in [1.29, 1.82) is 0 Å². The summed E-state index contributed by atoms with van der Waals surface area (Å²) < 4.78 is 31.9. The Morgan fingerprint density at radius 3 is 2.62 bits per heavy atom. The van der Waals surface area contributed by atoms with Crippen LogP contribution in [0.3, 0.4) is 0 Å². The maximum atomic E-state index is 12.3. The summed E-state index contributed by atoms with van der Waals surface area (Å²) in [6.07, 6.45) is 1.66. The summed E-state index contributed by atoms with van der Waals surface area (Å²) in [5.41, 5.74) is 2.49. The van der Waals surface area contributed by atoms with Gasteiger partial charge in [0, 0.05) is 25.1 Å². The number of para-hydroxylation sites is 1. The average molecular weight is 349 g/mol. The quantitative estimate of drug-likeness (QED) is 0.779. The Kier molecular flexibility index (Phi) is 4.42. The van der Waals surface area contributed by atoms with E-state index >= 15 is 0 Å². The van der Waals surface area contributed by atoms with Crippen LogP contribution >= 0.6 is 0 Å². The molecule has 0 spiro atoms. The Balaban J connectivity index is 2.11. The van der Waals surface area contributed by atoms with Crippen molar-refractivity contribution in [3.05, 3.63) is 47.3 Å². The predicted octanol–water partition coefficient (Wildman–Crippen LogP) is 1.37. The molecule has 0 atom stereocenters. The van der Waals surface area contributed by atoms with Gasteiger partial charge in [0.25, 0.3) is 0 Å². The number of hydrogen-bond donors (Lipinski definition) is 0. The van der Waals surface area contributed by atoms with Gasteiger partial charge in [0.1, 0.15) is 0 Å². The minimum absolute atomic E-state index is 0.134. The third-order valence-corrected chi connectivity index (χ3v) is 5.21. The second-order valence-corrected chi connectivity index (χ2v) is 7.57. The molecule has 0 aliphatic carbocycles. The molecule has 128 valence electrons. The molecule has 0 saturated carbocycles. The normalized spacial score (nSPS) is 15.1. The smallest absolute Gasteiger partial charge is 0.359 e. The number of rotatable bonds is 4. The molecule has 0 saturated heterocycles. The summed E-state index contributed by atoms with van der Waals surface area (Å²) in [7, 11) is -3.33. The molecule has 1 aromatic carbocycles. The van der Waals surface area contributed by atoms with Crippen molar-refractivity contribution < 1.29 is 17.9 Å². The number of carbonyl (C=O) groups excluding carboxylic acids is 1. The molecule has 8 heteroatoms. The average Bonchev–Trinajstić information content (AvgIpc) is 2.94. The number of carbonyl (C=O) groups is 1. The van der Waals surface area contributed by atoms with Gasteiger partial charge in [0.15, 0.2) is 5.69 Å². The molecule has 3 rings (SSSR count). The minimum Gasteiger partial charge on any atom is -0.461 e. The molecule has 0 bridgehead atoms. The Morgan fingerprint density at radius 2 is 2.00 bits per heavy atom. The highest BCUT2D eigenvalue weighted by Gasteiger charge is 2.32. The van der Waals surface area contributed by atoms with Gasteiger partial charge in [-0.3, -0.25) is 0 Å². The lowest BCUT2D eigenvalue weighted by molar-refractivity contribution is 0.0517. The molecule has 0 amide bonds. The number of benzene rings is 1. The summed E-state index contributed by atoms with van der Waals surface area (Å²) in [6, 6.07) is 9.46. The first-order valence-electron chi connectivity index (χ1n) is 7.70. The van der Waals surface area contributed by atoms with Crippen LogP contribution in [0, 0.1) is 0 Å². The van der Waals surface area contributed by atoms with E-state index in [1.165, 1.54) is 10.6 Å². The second-order valence-electron chi connectivity index (χ2n) is 5.59. The van der Waals surface area contributed by atoms with E-state index < -0.39 is 16.0 Å². The molecule has 0 unspecified atom stereocenters. The maximum Gasteiger partial charge on any atom is 0.359 e. The first kappa shape index (κ1) is 16.7. The molecule has 24 heavy (non-hydrogen) atoms. The van der Waals surface area contributed by atoms with Crippen LogP contribution in [0.4, 0.5) is 0 Å². The number of nitrogens with zero attached hydrogens (tertiary/aromatic N) is 3. The molecule has 2 aromatic rings. The van der Waals surface area contributed by atoms with Crippen molar-refractivity contribution in [1.82, 2.24) is 14.1 Å². The van der Waals surface area contributed by atoms with E-state index in [-0.39, 0.29) is 18.8 Å². The number of aromatic nitrogens is 2. The molecule has 1 aliphatic heterocycles. The van der Waals surface area contributed by atoms with Crippen molar-refractivity contribution in [2.45, 2.75) is 19.9 Å². The van der Waals surface area contributed by atoms with Crippen LogP contribution in [0.2, 0.25) is 0 Å². The van der Waals surface area contributed by atoms with Gasteiger partial charge < -0.3 is 4.74 Å². The zero-order valence-corrected chi connectivity index (χ0v) is 14.4. The van der Waals surface area contributed by atoms with E-state index in [0.29, 0.717) is 18.5 Å². The Hall–Kier alpha value is -2.19. The maximum absolute atomic E-state index is 12.3. The summed E-state index contributed by atoms with van der Waals surface area (Å²) in [6.45, 7) is 2.46. The van der Waals surface area contributed by atoms with E-state index in [0.717, 1.165) is 11.4 Å². The lowest BCUT2D eigenvalue weighted by Crippen LogP contribution is -2.36. The Labute approximate surface area is 140 Å². The molecule has 1 aromatic heterocycles. The predicted molar refractivity (Wildman–Crippen MR) is 88.5 cm³/mol. The summed E-state index contributed by atoms with van der Waals surface area (Å²) in [5, 5.41) is 4.42. The van der Waals surface area contributed by atoms with Crippen LogP contribution in [0.15, 0.2) is 30.3 Å². The first-order chi connectivity index (χ1) is 11.4. The van der Waals surface area contributed by atoms with Gasteiger partial charge >= 0.3 is 5.97 Å². The van der Waals surface area contributed by atoms with Crippen LogP contribution < -0.4 is 0 Å². The number of fused-ring (bicyclic) bond motifs is 1. The van der Waals surface area contributed by atoms with Crippen molar-refractivity contribution in [3.8, 4) is 5.69 Å². The molecule has 0 radical (unpaired) electrons. The van der Waals surface area contributed by atoms with Gasteiger partial charge in [0.05, 0.1) is 24.2 Å². The zero-order valence-electron chi connectivity index (χ0n) is 13.6. The van der Waals surface area contributed by atoms with Crippen molar-refractivity contribution in [3.63, 3.8) is 0 Å². The van der Waals surface area contributed by atoms with Gasteiger partial charge in [-0.05, 0) is 19.1 Å². The van der Waals surface area contributed by atoms with Gasteiger partial charge in [-0.2, -0.15) is 9.40 Å². The van der Waals surface area contributed by atoms with E-state index in [9.17, 15) is 13.2 Å². The Bertz CT molecular complexity index is 859. The lowest BCUT2D eigenvalue weighted by atomic mass is 10.1. The first-order valence-corrected chi connectivity index (χ1v) is 9.55. The zero-order chi connectivity index (χ0) is 17.3. The molecule has 7 nitrogen and oxygen atoms in total. The summed E-state index contributed by atoms with van der Waals surface area (Å²) in [5.74, 6) is -0.529. The minimum atomic E-state index is -3.33. The molecule has 2 heterocycles. The third kappa shape index (κ3) is 3.07. The second kappa shape index (κ2) is 6.37. The topological polar surface area (TPSA) is 81.5 Å². The van der Waals surface area contributed by atoms with E-state index in [1.807, 2.05) is 30.3 Å². The highest BCUT2D eigenvalue weighted by molar-refractivity contribution is 7.88. The van der Waals surface area contributed by atoms with Crippen LogP contribution in [-0.2, 0) is 27.7 Å². The van der Waals surface area contributed by atoms with Crippen LogP contribution in [0.5, 0.6) is 0 Å². The lowest BCUT2D eigenvalue weighted by Gasteiger charge is -2.25. The van der Waals surface area contributed by atoms with E-state index in [1.54, 1.807) is 11.6 Å². The summed E-state index contributed by atoms with van der Waals surface area (Å²) >= 11 is 0. The van der Waals surface area contributed by atoms with Crippen LogP contribution in [0.1, 0.15) is 28.7 Å². The number of esters is 1. The number of sulfonamides is 1. The summed E-state index contributed by atoms with van der Waals surface area (Å²) in [4.78, 5) is 12.3. The highest BCUT2D eigenvalue weighted by Crippen LogP contribution is 2.27. The fourth-order valence-corrected chi connectivity index (χ4v) is 3.61. The number of hydrogen-bond acceptors (Lipinski definition) is 5. The van der Waals surface area contributed by atoms with E-state index in [4.69, 9.17) is 4.74 Å². The standard InChI is InChI=1S/C16H19N3O4S/c1-3-23-16(20)15-13-11-18(24(2,21)22)10-9-14(13)19(17-15)12-7-5-4-6-8-12/h4-8H,3,9-11H2,1-2H3. The molecule has 0 N–H and O–H groups in total. The SMILES string of the molecule is CCOC(=O)c1nn(-c2ccccc2)c2c1CN(S(C)(=O)=O)CC2. The van der Waals surface area contributed by atoms with E-state index in [2.05, 4.69) is 5.10 Å². The highest BCUT2D eigenvalue weighted by atomic mass is 32.2. The van der Waals surface area contributed by atoms with Gasteiger partial charge in [-0.15, -0.1) is 0 Å². The molecule has 0 fully saturated rings. The van der Waals surface area contributed by atoms with Gasteiger partial charge in [-0.1, -0.05) is 18.2 Å². The van der Waals surface area contributed by atoms with Crippen LogP contribution in [0.25, 0.3) is 5.69 Å². The van der Waals surface area contributed by atoms with Gasteiger partial charge in [-0.25, -0.2) is 17.9 Å². The fourth-order valence-electron chi connectivity index (χ4n) is 2.82. The van der Waals surface area contributed by atoms with Crippen molar-refractivity contribution >= 4 is 16.0 Å². The Morgan fingerprint density at radius 1 is 1.29 bits per heavy atom. The monoisotopic (exact) mass is 349 g/mol. The number of ether oxygens (including phenoxy) is 1. The van der Waals surface area contributed by atoms with Gasteiger partial charge in [0.2, 0.25) is 10.0 Å².